The van der Waals surface area contributed by atoms with Gasteiger partial charge in [0.2, 0.25) is 5.91 Å². The molecular weight excluding hydrogens is 234 g/mol. The quantitative estimate of drug-likeness (QED) is 0.769. The van der Waals surface area contributed by atoms with Crippen molar-refractivity contribution in [3.8, 4) is 0 Å². The lowest BCUT2D eigenvalue weighted by Crippen LogP contribution is -2.60. The number of nitrogens with one attached hydrogen (secondary N) is 1. The number of likely N-dealkylation sites (N-methyl/N-ethyl adjacent to an activating group) is 1. The van der Waals surface area contributed by atoms with Gasteiger partial charge in [-0.25, -0.2) is 0 Å². The fourth-order valence-electron chi connectivity index (χ4n) is 2.71. The van der Waals surface area contributed by atoms with Crippen molar-refractivity contribution >= 4 is 17.7 Å². The number of piperazine rings is 1. The molecule has 3 atom stereocenters. The van der Waals surface area contributed by atoms with Crippen LogP contribution in [0.15, 0.2) is 0 Å². The van der Waals surface area contributed by atoms with Crippen molar-refractivity contribution in [1.82, 2.24) is 15.1 Å². The minimum absolute atomic E-state index is 0.0367. The Kier molecular flexibility index (Phi) is 4.33. The van der Waals surface area contributed by atoms with E-state index in [-0.39, 0.29) is 11.9 Å². The monoisotopic (exact) mass is 257 g/mol. The van der Waals surface area contributed by atoms with Gasteiger partial charge in [0.15, 0.2) is 0 Å². The van der Waals surface area contributed by atoms with Crippen LogP contribution in [0.25, 0.3) is 0 Å². The summed E-state index contributed by atoms with van der Waals surface area (Å²) in [7, 11) is 3.70. The smallest absolute Gasteiger partial charge is 0.240 e. The van der Waals surface area contributed by atoms with Crippen molar-refractivity contribution in [1.29, 1.82) is 0 Å². The molecule has 0 spiro atoms. The summed E-state index contributed by atoms with van der Waals surface area (Å²) in [5.41, 5.74) is 0. The largest absolute Gasteiger partial charge is 0.347 e. The zero-order chi connectivity index (χ0) is 12.4. The van der Waals surface area contributed by atoms with E-state index in [0.717, 1.165) is 24.9 Å². The van der Waals surface area contributed by atoms with Crippen LogP contribution < -0.4 is 5.32 Å². The van der Waals surface area contributed by atoms with Crippen molar-refractivity contribution in [2.24, 2.45) is 0 Å². The van der Waals surface area contributed by atoms with Crippen molar-refractivity contribution in [3.63, 3.8) is 0 Å². The highest BCUT2D eigenvalue weighted by Crippen LogP contribution is 2.31. The molecule has 2 fully saturated rings. The minimum atomic E-state index is 0.0367. The zero-order valence-corrected chi connectivity index (χ0v) is 11.8. The molecule has 1 amide bonds. The van der Waals surface area contributed by atoms with Crippen molar-refractivity contribution in [3.05, 3.63) is 0 Å². The number of carbonyl (C=O) groups is 1. The van der Waals surface area contributed by atoms with Gasteiger partial charge in [0.25, 0.3) is 0 Å². The van der Waals surface area contributed by atoms with E-state index in [1.54, 1.807) is 4.90 Å². The normalized spacial score (nSPS) is 34.9. The molecule has 1 N–H and O–H groups in total. The highest BCUT2D eigenvalue weighted by molar-refractivity contribution is 8.00. The van der Waals surface area contributed by atoms with E-state index in [0.29, 0.717) is 6.04 Å². The van der Waals surface area contributed by atoms with Gasteiger partial charge in [0, 0.05) is 50.8 Å². The predicted octanol–water partition coefficient (Wildman–Crippen LogP) is 0.242. The van der Waals surface area contributed by atoms with Crippen LogP contribution in [-0.4, -0.2) is 72.5 Å². The predicted molar refractivity (Wildman–Crippen MR) is 72.4 cm³/mol. The Labute approximate surface area is 108 Å². The Morgan fingerprint density at radius 2 is 2.24 bits per heavy atom. The third kappa shape index (κ3) is 2.95. The standard InChI is InChI=1S/C12H23N3OS/c1-9-6-10(8-17-9)15-5-4-13-7-11(15)12(16)14(2)3/h9-11,13H,4-8H2,1-3H3. The third-order valence-electron chi connectivity index (χ3n) is 3.66. The van der Waals surface area contributed by atoms with Gasteiger partial charge in [-0.3, -0.25) is 9.69 Å². The first-order valence-corrected chi connectivity index (χ1v) is 7.43. The Hall–Kier alpha value is -0.260. The van der Waals surface area contributed by atoms with Crippen LogP contribution in [0.1, 0.15) is 13.3 Å². The van der Waals surface area contributed by atoms with Gasteiger partial charge in [0.05, 0.1) is 0 Å². The summed E-state index contributed by atoms with van der Waals surface area (Å²) in [6.45, 7) is 5.09. The molecule has 2 aliphatic rings. The van der Waals surface area contributed by atoms with Gasteiger partial charge >= 0.3 is 0 Å². The Morgan fingerprint density at radius 3 is 2.82 bits per heavy atom. The molecule has 0 radical (unpaired) electrons. The molecule has 0 aromatic carbocycles. The number of amides is 1. The van der Waals surface area contributed by atoms with Crippen molar-refractivity contribution < 1.29 is 4.79 Å². The summed E-state index contributed by atoms with van der Waals surface area (Å²) < 4.78 is 0. The maximum absolute atomic E-state index is 12.2. The molecule has 2 saturated heterocycles. The van der Waals surface area contributed by atoms with Crippen LogP contribution in [0.3, 0.4) is 0 Å². The number of rotatable bonds is 2. The molecule has 0 aromatic rings. The topological polar surface area (TPSA) is 35.6 Å². The molecule has 0 aliphatic carbocycles. The van der Waals surface area contributed by atoms with Crippen LogP contribution >= 0.6 is 11.8 Å². The summed E-state index contributed by atoms with van der Waals surface area (Å²) in [4.78, 5) is 16.3. The molecular formula is C12H23N3OS. The fraction of sp³-hybridized carbons (Fsp3) is 0.917. The van der Waals surface area contributed by atoms with Gasteiger partial charge < -0.3 is 10.2 Å². The molecule has 3 unspecified atom stereocenters. The summed E-state index contributed by atoms with van der Waals surface area (Å²) >= 11 is 2.03. The average Bonchev–Trinajstić information content (AvgIpc) is 2.74. The Balaban J connectivity index is 2.04. The second-order valence-electron chi connectivity index (χ2n) is 5.22. The number of hydrogen-bond acceptors (Lipinski definition) is 4. The summed E-state index contributed by atoms with van der Waals surface area (Å²) in [5.74, 6) is 1.42. The van der Waals surface area contributed by atoms with E-state index in [2.05, 4.69) is 17.1 Å². The molecule has 2 rings (SSSR count). The number of carbonyl (C=O) groups excluding carboxylic acids is 1. The summed E-state index contributed by atoms with van der Waals surface area (Å²) in [5, 5.41) is 4.08. The van der Waals surface area contributed by atoms with Crippen LogP contribution in [0.2, 0.25) is 0 Å². The Morgan fingerprint density at radius 1 is 1.47 bits per heavy atom. The first-order valence-electron chi connectivity index (χ1n) is 6.39. The highest BCUT2D eigenvalue weighted by Gasteiger charge is 2.37. The maximum atomic E-state index is 12.2. The van der Waals surface area contributed by atoms with Crippen LogP contribution in [0.5, 0.6) is 0 Å². The van der Waals surface area contributed by atoms with E-state index in [4.69, 9.17) is 0 Å². The fourth-order valence-corrected chi connectivity index (χ4v) is 3.95. The Bertz CT molecular complexity index is 285. The first kappa shape index (κ1) is 13.2. The van der Waals surface area contributed by atoms with Gasteiger partial charge in [0.1, 0.15) is 6.04 Å². The molecule has 98 valence electrons. The van der Waals surface area contributed by atoms with Gasteiger partial charge in [-0.1, -0.05) is 6.92 Å². The molecule has 2 aliphatic heterocycles. The lowest BCUT2D eigenvalue weighted by molar-refractivity contribution is -0.136. The van der Waals surface area contributed by atoms with E-state index in [9.17, 15) is 4.79 Å². The lowest BCUT2D eigenvalue weighted by atomic mass is 10.1. The lowest BCUT2D eigenvalue weighted by Gasteiger charge is -2.40. The van der Waals surface area contributed by atoms with Gasteiger partial charge in [-0.05, 0) is 6.42 Å². The van der Waals surface area contributed by atoms with Gasteiger partial charge in [-0.15, -0.1) is 0 Å². The maximum Gasteiger partial charge on any atom is 0.240 e. The second kappa shape index (κ2) is 5.59. The summed E-state index contributed by atoms with van der Waals surface area (Å²) in [6.07, 6.45) is 1.22. The van der Waals surface area contributed by atoms with Crippen LogP contribution in [0.4, 0.5) is 0 Å². The molecule has 4 nitrogen and oxygen atoms in total. The van der Waals surface area contributed by atoms with E-state index >= 15 is 0 Å². The molecule has 2 heterocycles. The molecule has 17 heavy (non-hydrogen) atoms. The van der Waals surface area contributed by atoms with Crippen LogP contribution in [0, 0.1) is 0 Å². The van der Waals surface area contributed by atoms with E-state index < -0.39 is 0 Å². The summed E-state index contributed by atoms with van der Waals surface area (Å²) in [6, 6.07) is 0.626. The van der Waals surface area contributed by atoms with Crippen molar-refractivity contribution in [2.75, 3.05) is 39.5 Å². The van der Waals surface area contributed by atoms with Crippen LogP contribution in [-0.2, 0) is 4.79 Å². The first-order chi connectivity index (χ1) is 8.09. The molecule has 0 saturated carbocycles. The number of hydrogen-bond donors (Lipinski definition) is 1. The van der Waals surface area contributed by atoms with Crippen molar-refractivity contribution in [2.45, 2.75) is 30.7 Å². The minimum Gasteiger partial charge on any atom is -0.347 e. The third-order valence-corrected chi connectivity index (χ3v) is 5.00. The average molecular weight is 257 g/mol. The van der Waals surface area contributed by atoms with E-state index in [1.807, 2.05) is 25.9 Å². The highest BCUT2D eigenvalue weighted by atomic mass is 32.2. The molecule has 0 bridgehead atoms. The SMILES string of the molecule is CC1CC(N2CCNCC2C(=O)N(C)C)CS1. The number of nitrogens with zero attached hydrogens (tertiary/aromatic N) is 2. The number of thioether (sulfide) groups is 1. The second-order valence-corrected chi connectivity index (χ2v) is 6.70. The van der Waals surface area contributed by atoms with E-state index in [1.165, 1.54) is 12.2 Å². The molecule has 0 aromatic heterocycles. The molecule has 5 heteroatoms. The zero-order valence-electron chi connectivity index (χ0n) is 11.0. The van der Waals surface area contributed by atoms with Gasteiger partial charge in [-0.2, -0.15) is 11.8 Å².